The lowest BCUT2D eigenvalue weighted by molar-refractivity contribution is -0.0153. The highest BCUT2D eigenvalue weighted by Gasteiger charge is 2.28. The fraction of sp³-hybridized carbons (Fsp3) is 0.562. The van der Waals surface area contributed by atoms with Crippen molar-refractivity contribution < 1.29 is 9.90 Å². The number of carbonyl (C=O) groups excluding carboxylic acids is 1. The first-order chi connectivity index (χ1) is 8.96. The number of hydrogen-bond donors (Lipinski definition) is 1. The Balaban J connectivity index is 1.87. The Labute approximate surface area is 115 Å². The molecule has 0 aliphatic carbocycles. The van der Waals surface area contributed by atoms with Crippen LogP contribution in [0.5, 0.6) is 0 Å². The van der Waals surface area contributed by atoms with Crippen molar-refractivity contribution in [3.63, 3.8) is 0 Å². The maximum atomic E-state index is 12.1. The minimum Gasteiger partial charge on any atom is -0.389 e. The molecule has 0 radical (unpaired) electrons. The van der Waals surface area contributed by atoms with Crippen molar-refractivity contribution in [2.75, 3.05) is 19.6 Å². The van der Waals surface area contributed by atoms with Gasteiger partial charge in [0.15, 0.2) is 5.78 Å². The topological polar surface area (TPSA) is 40.5 Å². The van der Waals surface area contributed by atoms with E-state index in [2.05, 4.69) is 4.90 Å². The first kappa shape index (κ1) is 14.2. The predicted molar refractivity (Wildman–Crippen MR) is 76.4 cm³/mol. The minimum atomic E-state index is -0.593. The van der Waals surface area contributed by atoms with Gasteiger partial charge >= 0.3 is 0 Å². The minimum absolute atomic E-state index is 0.189. The fourth-order valence-electron chi connectivity index (χ4n) is 2.74. The summed E-state index contributed by atoms with van der Waals surface area (Å²) in [5.74, 6) is 0.189. The highest BCUT2D eigenvalue weighted by Crippen LogP contribution is 2.20. The fourth-order valence-corrected chi connectivity index (χ4v) is 2.74. The maximum absolute atomic E-state index is 12.1. The number of carbonyl (C=O) groups is 1. The molecule has 0 amide bonds. The number of hydrogen-bond acceptors (Lipinski definition) is 3. The van der Waals surface area contributed by atoms with Gasteiger partial charge in [0.2, 0.25) is 0 Å². The maximum Gasteiger partial charge on any atom is 0.164 e. The van der Waals surface area contributed by atoms with Crippen molar-refractivity contribution in [2.45, 2.75) is 38.7 Å². The molecule has 1 fully saturated rings. The summed E-state index contributed by atoms with van der Waals surface area (Å²) in [6.07, 6.45) is 2.39. The van der Waals surface area contributed by atoms with E-state index in [1.54, 1.807) is 0 Å². The van der Waals surface area contributed by atoms with Crippen LogP contribution in [0.3, 0.4) is 0 Å². The van der Waals surface area contributed by atoms with Crippen LogP contribution in [0.2, 0.25) is 0 Å². The van der Waals surface area contributed by atoms with Crippen LogP contribution in [0.15, 0.2) is 24.3 Å². The molecule has 1 atom stereocenters. The average Bonchev–Trinajstić information content (AvgIpc) is 2.35. The van der Waals surface area contributed by atoms with E-state index >= 15 is 0 Å². The molecule has 1 heterocycles. The van der Waals surface area contributed by atoms with Gasteiger partial charge < -0.3 is 10.0 Å². The second kappa shape index (κ2) is 5.85. The summed E-state index contributed by atoms with van der Waals surface area (Å²) in [4.78, 5) is 14.3. The molecular weight excluding hydrogens is 238 g/mol. The third-order valence-electron chi connectivity index (χ3n) is 3.75. The molecule has 1 unspecified atom stereocenters. The summed E-state index contributed by atoms with van der Waals surface area (Å²) < 4.78 is 0. The van der Waals surface area contributed by atoms with E-state index in [0.29, 0.717) is 13.0 Å². The van der Waals surface area contributed by atoms with E-state index in [1.165, 1.54) is 0 Å². The number of likely N-dealkylation sites (tertiary alicyclic amines) is 1. The predicted octanol–water partition coefficient (Wildman–Crippen LogP) is 2.41. The van der Waals surface area contributed by atoms with Gasteiger partial charge in [-0.15, -0.1) is 0 Å². The molecule has 1 aliphatic rings. The summed E-state index contributed by atoms with van der Waals surface area (Å²) in [5, 5.41) is 10.0. The number of aryl methyl sites for hydroxylation is 1. The van der Waals surface area contributed by atoms with Crippen LogP contribution in [0.4, 0.5) is 0 Å². The molecule has 0 spiro atoms. The summed E-state index contributed by atoms with van der Waals surface area (Å²) in [5.41, 5.74) is 1.32. The highest BCUT2D eigenvalue weighted by molar-refractivity contribution is 5.96. The van der Waals surface area contributed by atoms with Gasteiger partial charge in [-0.05, 0) is 39.3 Å². The largest absolute Gasteiger partial charge is 0.389 e. The lowest BCUT2D eigenvalue weighted by Crippen LogP contribution is -2.46. The van der Waals surface area contributed by atoms with Crippen molar-refractivity contribution in [3.8, 4) is 0 Å². The van der Waals surface area contributed by atoms with Gasteiger partial charge in [0.05, 0.1) is 5.60 Å². The van der Waals surface area contributed by atoms with Crippen LogP contribution in [0.1, 0.15) is 42.1 Å². The Morgan fingerprint density at radius 1 is 1.47 bits per heavy atom. The zero-order valence-corrected chi connectivity index (χ0v) is 11.9. The molecule has 1 aliphatic heterocycles. The van der Waals surface area contributed by atoms with E-state index in [1.807, 2.05) is 38.1 Å². The second-order valence-corrected chi connectivity index (χ2v) is 5.92. The third kappa shape index (κ3) is 4.15. The number of aliphatic hydroxyl groups is 1. The zero-order valence-electron chi connectivity index (χ0n) is 11.9. The lowest BCUT2D eigenvalue weighted by atomic mass is 9.95. The Kier molecular flexibility index (Phi) is 4.38. The number of ketones is 1. The van der Waals surface area contributed by atoms with Gasteiger partial charge in [-0.25, -0.2) is 0 Å². The molecule has 0 bridgehead atoms. The normalized spacial score (nSPS) is 24.4. The monoisotopic (exact) mass is 261 g/mol. The average molecular weight is 261 g/mol. The van der Waals surface area contributed by atoms with Crippen LogP contribution in [-0.4, -0.2) is 41.0 Å². The molecule has 0 saturated carbocycles. The van der Waals surface area contributed by atoms with E-state index in [4.69, 9.17) is 0 Å². The van der Waals surface area contributed by atoms with Crippen LogP contribution >= 0.6 is 0 Å². The van der Waals surface area contributed by atoms with Crippen molar-refractivity contribution in [2.24, 2.45) is 0 Å². The van der Waals surface area contributed by atoms with Crippen LogP contribution in [0.25, 0.3) is 0 Å². The summed E-state index contributed by atoms with van der Waals surface area (Å²) in [6.45, 7) is 6.27. The Morgan fingerprint density at radius 3 is 2.95 bits per heavy atom. The van der Waals surface area contributed by atoms with Crippen LogP contribution in [0, 0.1) is 6.92 Å². The molecule has 19 heavy (non-hydrogen) atoms. The highest BCUT2D eigenvalue weighted by atomic mass is 16.3. The lowest BCUT2D eigenvalue weighted by Gasteiger charge is -2.36. The first-order valence-electron chi connectivity index (χ1n) is 7.01. The van der Waals surface area contributed by atoms with Gasteiger partial charge in [0.1, 0.15) is 0 Å². The third-order valence-corrected chi connectivity index (χ3v) is 3.75. The first-order valence-corrected chi connectivity index (χ1v) is 7.01. The van der Waals surface area contributed by atoms with Crippen LogP contribution < -0.4 is 0 Å². The van der Waals surface area contributed by atoms with Gasteiger partial charge in [0, 0.05) is 25.1 Å². The number of β-amino-alcohol motifs (C(OH)–C–C–N with tert-alkyl or cyclic N) is 1. The molecule has 1 aromatic rings. The molecular formula is C16H23NO2. The van der Waals surface area contributed by atoms with Crippen molar-refractivity contribution in [1.82, 2.24) is 4.90 Å². The summed E-state index contributed by atoms with van der Waals surface area (Å²) >= 11 is 0. The van der Waals surface area contributed by atoms with Gasteiger partial charge in [0.25, 0.3) is 0 Å². The number of nitrogens with zero attached hydrogens (tertiary/aromatic N) is 1. The van der Waals surface area contributed by atoms with Gasteiger partial charge in [-0.2, -0.15) is 0 Å². The van der Waals surface area contributed by atoms with Crippen LogP contribution in [-0.2, 0) is 0 Å². The molecule has 1 saturated heterocycles. The second-order valence-electron chi connectivity index (χ2n) is 5.92. The molecule has 1 aromatic carbocycles. The molecule has 3 heteroatoms. The SMILES string of the molecule is Cc1cccc(C(=O)CCN2CCCC(C)(O)C2)c1. The number of rotatable bonds is 4. The molecule has 3 nitrogen and oxygen atoms in total. The van der Waals surface area contributed by atoms with Crippen molar-refractivity contribution in [3.05, 3.63) is 35.4 Å². The van der Waals surface area contributed by atoms with E-state index in [-0.39, 0.29) is 5.78 Å². The Hall–Kier alpha value is -1.19. The Morgan fingerprint density at radius 2 is 2.26 bits per heavy atom. The molecule has 1 N–H and O–H groups in total. The smallest absolute Gasteiger partial charge is 0.164 e. The van der Waals surface area contributed by atoms with E-state index in [9.17, 15) is 9.90 Å². The zero-order chi connectivity index (χ0) is 13.9. The molecule has 104 valence electrons. The van der Waals surface area contributed by atoms with Crippen molar-refractivity contribution in [1.29, 1.82) is 0 Å². The van der Waals surface area contributed by atoms with E-state index < -0.39 is 5.60 Å². The Bertz CT molecular complexity index is 454. The number of Topliss-reactive ketones (excluding diaryl/α,β-unsaturated/α-hetero) is 1. The van der Waals surface area contributed by atoms with Gasteiger partial charge in [-0.3, -0.25) is 4.79 Å². The summed E-state index contributed by atoms with van der Waals surface area (Å²) in [6, 6.07) is 7.74. The van der Waals surface area contributed by atoms with Crippen molar-refractivity contribution >= 4 is 5.78 Å². The van der Waals surface area contributed by atoms with E-state index in [0.717, 1.165) is 37.1 Å². The summed E-state index contributed by atoms with van der Waals surface area (Å²) in [7, 11) is 0. The quantitative estimate of drug-likeness (QED) is 0.846. The number of piperidine rings is 1. The molecule has 2 rings (SSSR count). The standard InChI is InChI=1S/C16H23NO2/c1-13-5-3-6-14(11-13)15(18)7-10-17-9-4-8-16(2,19)12-17/h3,5-6,11,19H,4,7-10,12H2,1-2H3. The molecule has 0 aromatic heterocycles. The number of benzene rings is 1. The van der Waals surface area contributed by atoms with Gasteiger partial charge in [-0.1, -0.05) is 23.8 Å².